The van der Waals surface area contributed by atoms with Gasteiger partial charge in [0.1, 0.15) is 0 Å². The molecule has 2 nitrogen and oxygen atoms in total. The molecule has 0 amide bonds. The van der Waals surface area contributed by atoms with E-state index < -0.39 is 0 Å². The summed E-state index contributed by atoms with van der Waals surface area (Å²) in [6.45, 7) is 8.34. The highest BCUT2D eigenvalue weighted by Crippen LogP contribution is 2.13. The van der Waals surface area contributed by atoms with Gasteiger partial charge in [0.05, 0.1) is 0 Å². The molecule has 1 unspecified atom stereocenters. The van der Waals surface area contributed by atoms with Crippen molar-refractivity contribution in [2.24, 2.45) is 5.92 Å². The maximum atomic E-state index is 3.42. The van der Waals surface area contributed by atoms with Gasteiger partial charge in [-0.25, -0.2) is 0 Å². The van der Waals surface area contributed by atoms with Gasteiger partial charge in [-0.1, -0.05) is 20.3 Å². The topological polar surface area (TPSA) is 15.3 Å². The fourth-order valence-electron chi connectivity index (χ4n) is 2.47. The highest BCUT2D eigenvalue weighted by atomic mass is 15.1. The van der Waals surface area contributed by atoms with E-state index in [1.54, 1.807) is 0 Å². The molecule has 1 rings (SSSR count). The van der Waals surface area contributed by atoms with E-state index in [0.29, 0.717) is 0 Å². The van der Waals surface area contributed by atoms with Crippen LogP contribution in [0.4, 0.5) is 0 Å². The second-order valence-electron chi connectivity index (χ2n) is 4.81. The molecule has 1 saturated heterocycles. The fourth-order valence-corrected chi connectivity index (χ4v) is 2.47. The van der Waals surface area contributed by atoms with Crippen molar-refractivity contribution in [3.8, 4) is 0 Å². The van der Waals surface area contributed by atoms with Gasteiger partial charge in [0.25, 0.3) is 0 Å². The smallest absolute Gasteiger partial charge is 0.0116 e. The third-order valence-electron chi connectivity index (χ3n) is 3.31. The molecule has 0 aromatic rings. The molecule has 0 radical (unpaired) electrons. The molecule has 1 heterocycles. The van der Waals surface area contributed by atoms with Crippen molar-refractivity contribution in [3.05, 3.63) is 0 Å². The first-order valence-corrected chi connectivity index (χ1v) is 6.15. The predicted octanol–water partition coefficient (Wildman–Crippen LogP) is 2.11. The average molecular weight is 198 g/mol. The summed E-state index contributed by atoms with van der Waals surface area (Å²) in [7, 11) is 2.29. The molecule has 0 saturated carbocycles. The van der Waals surface area contributed by atoms with E-state index in [2.05, 4.69) is 31.1 Å². The van der Waals surface area contributed by atoms with Crippen LogP contribution in [0.25, 0.3) is 0 Å². The lowest BCUT2D eigenvalue weighted by Gasteiger charge is -2.33. The lowest BCUT2D eigenvalue weighted by Crippen LogP contribution is -2.42. The van der Waals surface area contributed by atoms with Crippen molar-refractivity contribution < 1.29 is 0 Å². The molecule has 84 valence electrons. The number of nitrogens with zero attached hydrogens (tertiary/aromatic N) is 1. The van der Waals surface area contributed by atoms with E-state index in [9.17, 15) is 0 Å². The number of piperidine rings is 1. The molecule has 0 spiro atoms. The van der Waals surface area contributed by atoms with E-state index in [1.807, 2.05) is 0 Å². The van der Waals surface area contributed by atoms with Crippen LogP contribution in [-0.2, 0) is 0 Å². The molecule has 1 N–H and O–H groups in total. The first-order chi connectivity index (χ1) is 6.74. The van der Waals surface area contributed by atoms with Gasteiger partial charge in [0, 0.05) is 12.6 Å². The zero-order chi connectivity index (χ0) is 10.4. The first-order valence-electron chi connectivity index (χ1n) is 6.15. The molecular formula is C12H26N2. The highest BCUT2D eigenvalue weighted by Gasteiger charge is 2.18. The Bertz CT molecular complexity index is 141. The van der Waals surface area contributed by atoms with E-state index in [0.717, 1.165) is 12.0 Å². The quantitative estimate of drug-likeness (QED) is 0.728. The van der Waals surface area contributed by atoms with Crippen molar-refractivity contribution >= 4 is 0 Å². The molecule has 14 heavy (non-hydrogen) atoms. The second kappa shape index (κ2) is 6.41. The van der Waals surface area contributed by atoms with Gasteiger partial charge in [0.2, 0.25) is 0 Å². The van der Waals surface area contributed by atoms with Crippen LogP contribution >= 0.6 is 0 Å². The lowest BCUT2D eigenvalue weighted by atomic mass is 10.0. The standard InChI is InChI=1S/C12H26N2/c1-4-5-11(2)10-14(3)12-6-8-13-9-7-12/h11-13H,4-10H2,1-3H3. The molecule has 1 fully saturated rings. The molecule has 2 heteroatoms. The van der Waals surface area contributed by atoms with Gasteiger partial charge in [-0.2, -0.15) is 0 Å². The van der Waals surface area contributed by atoms with Crippen LogP contribution in [0.3, 0.4) is 0 Å². The van der Waals surface area contributed by atoms with E-state index >= 15 is 0 Å². The third-order valence-corrected chi connectivity index (χ3v) is 3.31. The van der Waals surface area contributed by atoms with Gasteiger partial charge in [-0.15, -0.1) is 0 Å². The Morgan fingerprint density at radius 1 is 1.36 bits per heavy atom. The number of hydrogen-bond donors (Lipinski definition) is 1. The first kappa shape index (κ1) is 12.0. The summed E-state index contributed by atoms with van der Waals surface area (Å²) in [6.07, 6.45) is 5.35. The summed E-state index contributed by atoms with van der Waals surface area (Å²) in [5.74, 6) is 0.861. The predicted molar refractivity (Wildman–Crippen MR) is 62.6 cm³/mol. The third kappa shape index (κ3) is 3.97. The Labute approximate surface area is 89.1 Å². The Kier molecular flexibility index (Phi) is 5.49. The summed E-state index contributed by atoms with van der Waals surface area (Å²) >= 11 is 0. The average Bonchev–Trinajstić information content (AvgIpc) is 2.19. The number of nitrogens with one attached hydrogen (secondary N) is 1. The van der Waals surface area contributed by atoms with Crippen molar-refractivity contribution in [2.75, 3.05) is 26.7 Å². The zero-order valence-electron chi connectivity index (χ0n) is 10.1. The maximum Gasteiger partial charge on any atom is 0.0116 e. The monoisotopic (exact) mass is 198 g/mol. The summed E-state index contributed by atoms with van der Waals surface area (Å²) in [6, 6.07) is 0.829. The van der Waals surface area contributed by atoms with Crippen molar-refractivity contribution in [1.29, 1.82) is 0 Å². The Morgan fingerprint density at radius 2 is 2.00 bits per heavy atom. The Balaban J connectivity index is 2.21. The largest absolute Gasteiger partial charge is 0.317 e. The minimum absolute atomic E-state index is 0.829. The SMILES string of the molecule is CCCC(C)CN(C)C1CCNCC1. The minimum Gasteiger partial charge on any atom is -0.317 e. The Morgan fingerprint density at radius 3 is 2.57 bits per heavy atom. The molecule has 0 aliphatic carbocycles. The molecule has 0 aromatic heterocycles. The zero-order valence-corrected chi connectivity index (χ0v) is 10.1. The van der Waals surface area contributed by atoms with E-state index in [-0.39, 0.29) is 0 Å². The minimum atomic E-state index is 0.829. The van der Waals surface area contributed by atoms with Crippen LogP contribution in [0.2, 0.25) is 0 Å². The highest BCUT2D eigenvalue weighted by molar-refractivity contribution is 4.76. The molecule has 1 aliphatic heterocycles. The van der Waals surface area contributed by atoms with Gasteiger partial charge in [0.15, 0.2) is 0 Å². The van der Waals surface area contributed by atoms with E-state index in [1.165, 1.54) is 45.3 Å². The van der Waals surface area contributed by atoms with Crippen LogP contribution in [0.5, 0.6) is 0 Å². The molecule has 0 aromatic carbocycles. The second-order valence-corrected chi connectivity index (χ2v) is 4.81. The molecule has 0 bridgehead atoms. The summed E-state index contributed by atoms with van der Waals surface area (Å²) in [4.78, 5) is 2.57. The Hall–Kier alpha value is -0.0800. The molecule has 1 aliphatic rings. The van der Waals surface area contributed by atoms with Gasteiger partial charge >= 0.3 is 0 Å². The van der Waals surface area contributed by atoms with Gasteiger partial charge in [-0.05, 0) is 45.3 Å². The molecular weight excluding hydrogens is 172 g/mol. The summed E-state index contributed by atoms with van der Waals surface area (Å²) < 4.78 is 0. The number of rotatable bonds is 5. The number of hydrogen-bond acceptors (Lipinski definition) is 2. The van der Waals surface area contributed by atoms with Crippen LogP contribution in [0, 0.1) is 5.92 Å². The van der Waals surface area contributed by atoms with Crippen molar-refractivity contribution in [2.45, 2.75) is 45.6 Å². The normalized spacial score (nSPS) is 21.4. The molecule has 1 atom stereocenters. The lowest BCUT2D eigenvalue weighted by molar-refractivity contribution is 0.173. The summed E-state index contributed by atoms with van der Waals surface area (Å²) in [5, 5.41) is 3.42. The fraction of sp³-hybridized carbons (Fsp3) is 1.00. The van der Waals surface area contributed by atoms with Crippen LogP contribution in [-0.4, -0.2) is 37.6 Å². The van der Waals surface area contributed by atoms with Gasteiger partial charge < -0.3 is 10.2 Å². The van der Waals surface area contributed by atoms with Crippen LogP contribution < -0.4 is 5.32 Å². The van der Waals surface area contributed by atoms with Gasteiger partial charge in [-0.3, -0.25) is 0 Å². The van der Waals surface area contributed by atoms with Crippen LogP contribution in [0.1, 0.15) is 39.5 Å². The van der Waals surface area contributed by atoms with Crippen LogP contribution in [0.15, 0.2) is 0 Å². The summed E-state index contributed by atoms with van der Waals surface area (Å²) in [5.41, 5.74) is 0. The van der Waals surface area contributed by atoms with E-state index in [4.69, 9.17) is 0 Å². The van der Waals surface area contributed by atoms with Crippen molar-refractivity contribution in [3.63, 3.8) is 0 Å². The van der Waals surface area contributed by atoms with Crippen molar-refractivity contribution in [1.82, 2.24) is 10.2 Å². The maximum absolute atomic E-state index is 3.42.